The molecule has 1 amide bonds. The Balaban J connectivity index is 1.56. The summed E-state index contributed by atoms with van der Waals surface area (Å²) in [7, 11) is 0. The van der Waals surface area contributed by atoms with Gasteiger partial charge in [0, 0.05) is 11.8 Å². The number of carbonyl (C=O) groups excluding carboxylic acids is 2. The molecule has 162 valence electrons. The second kappa shape index (κ2) is 9.02. The van der Waals surface area contributed by atoms with Gasteiger partial charge in [0.15, 0.2) is 12.2 Å². The monoisotopic (exact) mass is 437 g/mol. The van der Waals surface area contributed by atoms with Crippen LogP contribution in [0.3, 0.4) is 0 Å². The van der Waals surface area contributed by atoms with E-state index in [1.165, 1.54) is 30.3 Å². The Labute approximate surface area is 170 Å². The topological polar surface area (TPSA) is 143 Å². The van der Waals surface area contributed by atoms with Crippen molar-refractivity contribution < 1.29 is 37.2 Å². The Bertz CT molecular complexity index is 1190. The minimum absolute atomic E-state index is 0.0796. The van der Waals surface area contributed by atoms with Gasteiger partial charge in [-0.3, -0.25) is 24.3 Å². The highest BCUT2D eigenvalue weighted by Gasteiger charge is 2.17. The third-order valence-electron chi connectivity index (χ3n) is 3.88. The fourth-order valence-electron chi connectivity index (χ4n) is 2.56. The van der Waals surface area contributed by atoms with E-state index in [0.717, 1.165) is 16.7 Å². The van der Waals surface area contributed by atoms with E-state index in [9.17, 15) is 33.3 Å². The summed E-state index contributed by atoms with van der Waals surface area (Å²) in [6, 6.07) is 8.50. The van der Waals surface area contributed by atoms with Crippen LogP contribution in [0.5, 0.6) is 5.75 Å². The highest BCUT2D eigenvalue weighted by atomic mass is 19.3. The maximum Gasteiger partial charge on any atom is 0.420 e. The molecule has 0 atom stereocenters. The number of benzene rings is 2. The van der Waals surface area contributed by atoms with Crippen molar-refractivity contribution in [2.24, 2.45) is 0 Å². The van der Waals surface area contributed by atoms with Crippen LogP contribution in [0.4, 0.5) is 20.2 Å². The zero-order chi connectivity index (χ0) is 22.5. The number of anilines is 1. The summed E-state index contributed by atoms with van der Waals surface area (Å²) in [6.07, 6.45) is 0. The number of alkyl halides is 2. The van der Waals surface area contributed by atoms with Crippen LogP contribution in [0.1, 0.15) is 0 Å². The minimum atomic E-state index is -2.98. The Morgan fingerprint density at radius 1 is 1.19 bits per heavy atom. The van der Waals surface area contributed by atoms with Crippen molar-refractivity contribution in [1.82, 2.24) is 4.57 Å². The molecule has 1 aromatic heterocycles. The molecule has 0 aliphatic rings. The quantitative estimate of drug-likeness (QED) is 0.321. The third-order valence-corrected chi connectivity index (χ3v) is 3.88. The molecule has 0 aliphatic heterocycles. The number of rotatable bonds is 8. The average molecular weight is 437 g/mol. The molecule has 1 N–H and O–H groups in total. The van der Waals surface area contributed by atoms with E-state index in [1.807, 2.05) is 0 Å². The molecule has 0 saturated heterocycles. The number of nitrogens with zero attached hydrogens (tertiary/aromatic N) is 2. The molecule has 2 aromatic carbocycles. The summed E-state index contributed by atoms with van der Waals surface area (Å²) < 4.78 is 39.0. The van der Waals surface area contributed by atoms with E-state index in [-0.39, 0.29) is 28.2 Å². The smallest absolute Gasteiger partial charge is 0.420 e. The number of nitrogens with one attached hydrogen (secondary N) is 1. The summed E-state index contributed by atoms with van der Waals surface area (Å²) in [5, 5.41) is 13.2. The zero-order valence-corrected chi connectivity index (χ0v) is 15.4. The number of fused-ring (bicyclic) bond motifs is 1. The van der Waals surface area contributed by atoms with Gasteiger partial charge in [0.25, 0.3) is 11.6 Å². The van der Waals surface area contributed by atoms with Crippen LogP contribution >= 0.6 is 0 Å². The molecule has 0 fully saturated rings. The second-order valence-corrected chi connectivity index (χ2v) is 5.97. The fraction of sp³-hybridized carbons (Fsp3) is 0.167. The van der Waals surface area contributed by atoms with Crippen molar-refractivity contribution in [2.45, 2.75) is 13.2 Å². The number of esters is 1. The van der Waals surface area contributed by atoms with Gasteiger partial charge >= 0.3 is 18.3 Å². The molecule has 1 heterocycles. The number of amides is 1. The molecular formula is C18H13F2N3O8. The van der Waals surface area contributed by atoms with Crippen LogP contribution in [0, 0.1) is 10.1 Å². The highest BCUT2D eigenvalue weighted by molar-refractivity contribution is 5.92. The third kappa shape index (κ3) is 5.41. The van der Waals surface area contributed by atoms with Gasteiger partial charge in [-0.25, -0.2) is 4.79 Å². The zero-order valence-electron chi connectivity index (χ0n) is 15.4. The van der Waals surface area contributed by atoms with Crippen molar-refractivity contribution in [3.63, 3.8) is 0 Å². The summed E-state index contributed by atoms with van der Waals surface area (Å²) in [6.45, 7) is -4.24. The van der Waals surface area contributed by atoms with E-state index in [4.69, 9.17) is 9.15 Å². The lowest BCUT2D eigenvalue weighted by Gasteiger charge is -2.08. The number of non-ortho nitro benzene ring substituents is 1. The van der Waals surface area contributed by atoms with Crippen molar-refractivity contribution in [3.8, 4) is 5.75 Å². The van der Waals surface area contributed by atoms with E-state index < -0.39 is 42.3 Å². The first-order chi connectivity index (χ1) is 14.7. The first-order valence-corrected chi connectivity index (χ1v) is 8.51. The number of nitro groups is 1. The van der Waals surface area contributed by atoms with Gasteiger partial charge in [-0.2, -0.15) is 8.78 Å². The summed E-state index contributed by atoms with van der Waals surface area (Å²) in [4.78, 5) is 45.9. The van der Waals surface area contributed by atoms with E-state index in [1.54, 1.807) is 0 Å². The maximum atomic E-state index is 12.1. The SMILES string of the molecule is O=C(COC(=O)Cn1c(=O)oc2cc([N+](=O)[O-])ccc21)Nc1ccc(OC(F)F)cc1. The van der Waals surface area contributed by atoms with Gasteiger partial charge in [0.2, 0.25) is 0 Å². The summed E-state index contributed by atoms with van der Waals surface area (Å²) in [5.41, 5.74) is 0.0230. The van der Waals surface area contributed by atoms with Crippen molar-refractivity contribution in [1.29, 1.82) is 0 Å². The Morgan fingerprint density at radius 2 is 1.90 bits per heavy atom. The molecule has 11 nitrogen and oxygen atoms in total. The largest absolute Gasteiger partial charge is 0.454 e. The fourth-order valence-corrected chi connectivity index (χ4v) is 2.56. The number of hydrogen-bond acceptors (Lipinski definition) is 8. The van der Waals surface area contributed by atoms with Gasteiger partial charge in [0.05, 0.1) is 16.5 Å². The first kappa shape index (κ1) is 21.4. The van der Waals surface area contributed by atoms with E-state index in [0.29, 0.717) is 0 Å². The van der Waals surface area contributed by atoms with Gasteiger partial charge in [-0.1, -0.05) is 0 Å². The van der Waals surface area contributed by atoms with E-state index in [2.05, 4.69) is 10.1 Å². The van der Waals surface area contributed by atoms with Gasteiger partial charge in [-0.05, 0) is 30.3 Å². The molecular weight excluding hydrogens is 424 g/mol. The average Bonchev–Trinajstić information content (AvgIpc) is 3.02. The first-order valence-electron chi connectivity index (χ1n) is 8.51. The molecule has 13 heteroatoms. The summed E-state index contributed by atoms with van der Waals surface area (Å²) >= 11 is 0. The lowest BCUT2D eigenvalue weighted by atomic mass is 10.3. The predicted octanol–water partition coefficient (Wildman–Crippen LogP) is 2.29. The second-order valence-electron chi connectivity index (χ2n) is 5.97. The van der Waals surface area contributed by atoms with Gasteiger partial charge < -0.3 is 19.2 Å². The molecule has 3 aromatic rings. The molecule has 0 bridgehead atoms. The lowest BCUT2D eigenvalue weighted by Crippen LogP contribution is -2.25. The van der Waals surface area contributed by atoms with E-state index >= 15 is 0 Å². The van der Waals surface area contributed by atoms with Crippen LogP contribution in [0.2, 0.25) is 0 Å². The van der Waals surface area contributed by atoms with Crippen LogP contribution in [-0.2, 0) is 20.9 Å². The molecule has 0 aliphatic carbocycles. The number of ether oxygens (including phenoxy) is 2. The van der Waals surface area contributed by atoms with Crippen LogP contribution in [-0.4, -0.2) is 34.6 Å². The Kier molecular flexibility index (Phi) is 6.23. The number of carbonyl (C=O) groups is 2. The van der Waals surface area contributed by atoms with Gasteiger partial charge in [-0.15, -0.1) is 0 Å². The number of oxazole rings is 1. The predicted molar refractivity (Wildman–Crippen MR) is 99.8 cm³/mol. The number of hydrogen-bond donors (Lipinski definition) is 1. The minimum Gasteiger partial charge on any atom is -0.454 e. The summed E-state index contributed by atoms with van der Waals surface area (Å²) in [5.74, 6) is -2.67. The van der Waals surface area contributed by atoms with Crippen LogP contribution < -0.4 is 15.8 Å². The van der Waals surface area contributed by atoms with Crippen molar-refractivity contribution >= 4 is 34.4 Å². The Morgan fingerprint density at radius 3 is 2.55 bits per heavy atom. The molecule has 3 rings (SSSR count). The number of nitro benzene ring substituents is 1. The molecule has 31 heavy (non-hydrogen) atoms. The molecule has 0 unspecified atom stereocenters. The maximum absolute atomic E-state index is 12.1. The van der Waals surface area contributed by atoms with Crippen molar-refractivity contribution in [2.75, 3.05) is 11.9 Å². The molecule has 0 saturated carbocycles. The molecule has 0 radical (unpaired) electrons. The highest BCUT2D eigenvalue weighted by Crippen LogP contribution is 2.20. The van der Waals surface area contributed by atoms with Crippen LogP contribution in [0.25, 0.3) is 11.1 Å². The lowest BCUT2D eigenvalue weighted by molar-refractivity contribution is -0.384. The molecule has 0 spiro atoms. The van der Waals surface area contributed by atoms with Gasteiger partial charge in [0.1, 0.15) is 12.3 Å². The number of halogens is 2. The normalized spacial score (nSPS) is 10.8. The number of aromatic nitrogens is 1. The standard InChI is InChI=1S/C18H13F2N3O8/c19-17(20)30-12-4-1-10(2-5-12)21-15(24)9-29-16(25)8-22-13-6-3-11(23(27)28)7-14(13)31-18(22)26/h1-7,17H,8-9H2,(H,21,24). The van der Waals surface area contributed by atoms with Crippen LogP contribution in [0.15, 0.2) is 51.7 Å². The van der Waals surface area contributed by atoms with Crippen molar-refractivity contribution in [3.05, 3.63) is 63.1 Å². The Hall–Kier alpha value is -4.29.